The minimum absolute atomic E-state index is 0.131. The van der Waals surface area contributed by atoms with Crippen LogP contribution < -0.4 is 10.6 Å². The van der Waals surface area contributed by atoms with Crippen molar-refractivity contribution in [3.8, 4) is 0 Å². The first-order valence-electron chi connectivity index (χ1n) is 6.63. The molecule has 2 amide bonds. The highest BCUT2D eigenvalue weighted by atomic mass is 35.5. The van der Waals surface area contributed by atoms with Crippen molar-refractivity contribution in [3.63, 3.8) is 0 Å². The number of carbonyl (C=O) groups is 1. The van der Waals surface area contributed by atoms with Gasteiger partial charge in [0.1, 0.15) is 0 Å². The lowest BCUT2D eigenvalue weighted by atomic mass is 9.91. The summed E-state index contributed by atoms with van der Waals surface area (Å²) in [6.45, 7) is 7.80. The van der Waals surface area contributed by atoms with Gasteiger partial charge in [-0.25, -0.2) is 4.79 Å². The Kier molecular flexibility index (Phi) is 6.16. The number of carbonyl (C=O) groups excluding carboxylic acids is 1. The molecule has 0 saturated carbocycles. The van der Waals surface area contributed by atoms with Crippen LogP contribution in [0, 0.1) is 5.41 Å². The second-order valence-electron chi connectivity index (χ2n) is 5.90. The van der Waals surface area contributed by atoms with E-state index in [1.165, 1.54) is 0 Å². The fourth-order valence-electron chi connectivity index (χ4n) is 1.71. The number of hydrogen-bond acceptors (Lipinski definition) is 1. The molecule has 0 unspecified atom stereocenters. The molecule has 1 aromatic rings. The Balaban J connectivity index is 2.18. The average molecular weight is 283 g/mol. The van der Waals surface area contributed by atoms with Gasteiger partial charge in [-0.2, -0.15) is 0 Å². The van der Waals surface area contributed by atoms with E-state index < -0.39 is 0 Å². The van der Waals surface area contributed by atoms with Crippen LogP contribution in [0.3, 0.4) is 0 Å². The number of benzene rings is 1. The maximum atomic E-state index is 11.6. The Morgan fingerprint density at radius 2 is 2.00 bits per heavy atom. The third kappa shape index (κ3) is 7.73. The van der Waals surface area contributed by atoms with Gasteiger partial charge in [-0.1, -0.05) is 44.5 Å². The lowest BCUT2D eigenvalue weighted by Crippen LogP contribution is -2.35. The third-order valence-corrected chi connectivity index (χ3v) is 2.97. The highest BCUT2D eigenvalue weighted by molar-refractivity contribution is 6.30. The Morgan fingerprint density at radius 1 is 1.26 bits per heavy atom. The summed E-state index contributed by atoms with van der Waals surface area (Å²) in [5.41, 5.74) is 1.32. The standard InChI is InChI=1S/C15H23ClN2O/c1-15(2,3)8-5-9-17-14(19)18-11-12-6-4-7-13(16)10-12/h4,6-7,10H,5,8-9,11H2,1-3H3,(H2,17,18,19). The SMILES string of the molecule is CC(C)(C)CCCNC(=O)NCc1cccc(Cl)c1. The van der Waals surface area contributed by atoms with Gasteiger partial charge in [0.05, 0.1) is 0 Å². The summed E-state index contributed by atoms with van der Waals surface area (Å²) in [5, 5.41) is 6.36. The van der Waals surface area contributed by atoms with Crippen LogP contribution in [0.4, 0.5) is 4.79 Å². The van der Waals surface area contributed by atoms with Crippen molar-refractivity contribution in [1.29, 1.82) is 0 Å². The predicted molar refractivity (Wildman–Crippen MR) is 80.4 cm³/mol. The molecule has 0 spiro atoms. The normalized spacial score (nSPS) is 11.2. The van der Waals surface area contributed by atoms with E-state index in [0.29, 0.717) is 23.5 Å². The number of hydrogen-bond donors (Lipinski definition) is 2. The summed E-state index contributed by atoms with van der Waals surface area (Å²) in [7, 11) is 0. The van der Waals surface area contributed by atoms with Gasteiger partial charge in [-0.15, -0.1) is 0 Å². The molecule has 0 saturated heterocycles. The van der Waals surface area contributed by atoms with E-state index in [1.807, 2.05) is 24.3 Å². The third-order valence-electron chi connectivity index (χ3n) is 2.73. The molecule has 2 N–H and O–H groups in total. The molecule has 0 heterocycles. The van der Waals surface area contributed by atoms with E-state index in [9.17, 15) is 4.79 Å². The van der Waals surface area contributed by atoms with Crippen LogP contribution in [-0.2, 0) is 6.54 Å². The Morgan fingerprint density at radius 3 is 2.63 bits per heavy atom. The van der Waals surface area contributed by atoms with E-state index >= 15 is 0 Å². The van der Waals surface area contributed by atoms with Crippen molar-refractivity contribution in [1.82, 2.24) is 10.6 Å². The van der Waals surface area contributed by atoms with Crippen molar-refractivity contribution in [2.24, 2.45) is 5.41 Å². The minimum Gasteiger partial charge on any atom is -0.338 e. The van der Waals surface area contributed by atoms with Crippen molar-refractivity contribution < 1.29 is 4.79 Å². The minimum atomic E-state index is -0.131. The lowest BCUT2D eigenvalue weighted by molar-refractivity contribution is 0.239. The predicted octanol–water partition coefficient (Wildman–Crippen LogP) is 3.97. The lowest BCUT2D eigenvalue weighted by Gasteiger charge is -2.17. The molecule has 0 aliphatic rings. The molecule has 3 nitrogen and oxygen atoms in total. The van der Waals surface area contributed by atoms with E-state index in [4.69, 9.17) is 11.6 Å². The summed E-state index contributed by atoms with van der Waals surface area (Å²) in [6, 6.07) is 7.35. The van der Waals surface area contributed by atoms with Gasteiger partial charge in [0.25, 0.3) is 0 Å². The van der Waals surface area contributed by atoms with Gasteiger partial charge in [0.2, 0.25) is 0 Å². The Labute approximate surface area is 120 Å². The number of rotatable bonds is 5. The van der Waals surface area contributed by atoms with Gasteiger partial charge in [-0.05, 0) is 36.0 Å². The summed E-state index contributed by atoms with van der Waals surface area (Å²) < 4.78 is 0. The molecule has 1 aromatic carbocycles. The first-order valence-corrected chi connectivity index (χ1v) is 7.01. The molecular weight excluding hydrogens is 260 g/mol. The fourth-order valence-corrected chi connectivity index (χ4v) is 1.93. The second kappa shape index (κ2) is 7.39. The van der Waals surface area contributed by atoms with Crippen LogP contribution >= 0.6 is 11.6 Å². The van der Waals surface area contributed by atoms with E-state index in [-0.39, 0.29) is 6.03 Å². The maximum absolute atomic E-state index is 11.6. The number of urea groups is 1. The molecule has 0 aromatic heterocycles. The van der Waals surface area contributed by atoms with Crippen LogP contribution in [0.15, 0.2) is 24.3 Å². The van der Waals surface area contributed by atoms with Crippen molar-refractivity contribution in [2.45, 2.75) is 40.2 Å². The van der Waals surface area contributed by atoms with E-state index in [2.05, 4.69) is 31.4 Å². The van der Waals surface area contributed by atoms with Crippen molar-refractivity contribution >= 4 is 17.6 Å². The smallest absolute Gasteiger partial charge is 0.315 e. The number of halogens is 1. The molecular formula is C15H23ClN2O. The Hall–Kier alpha value is -1.22. The zero-order valence-electron chi connectivity index (χ0n) is 11.9. The largest absolute Gasteiger partial charge is 0.338 e. The molecule has 0 aliphatic heterocycles. The zero-order chi connectivity index (χ0) is 14.3. The quantitative estimate of drug-likeness (QED) is 0.789. The monoisotopic (exact) mass is 282 g/mol. The van der Waals surface area contributed by atoms with Crippen LogP contribution in [0.1, 0.15) is 39.2 Å². The van der Waals surface area contributed by atoms with Gasteiger partial charge < -0.3 is 10.6 Å². The average Bonchev–Trinajstić information content (AvgIpc) is 2.31. The fraction of sp³-hybridized carbons (Fsp3) is 0.533. The van der Waals surface area contributed by atoms with Gasteiger partial charge >= 0.3 is 6.03 Å². The summed E-state index contributed by atoms with van der Waals surface area (Å²) in [5.74, 6) is 0. The molecule has 19 heavy (non-hydrogen) atoms. The number of nitrogens with one attached hydrogen (secondary N) is 2. The number of amides is 2. The molecule has 0 aliphatic carbocycles. The molecule has 0 radical (unpaired) electrons. The molecule has 0 fully saturated rings. The molecule has 0 bridgehead atoms. The first kappa shape index (κ1) is 15.8. The van der Waals surface area contributed by atoms with Crippen LogP contribution in [0.25, 0.3) is 0 Å². The van der Waals surface area contributed by atoms with Crippen LogP contribution in [0.5, 0.6) is 0 Å². The summed E-state index contributed by atoms with van der Waals surface area (Å²) in [4.78, 5) is 11.6. The van der Waals surface area contributed by atoms with Gasteiger partial charge in [0.15, 0.2) is 0 Å². The highest BCUT2D eigenvalue weighted by Crippen LogP contribution is 2.19. The zero-order valence-corrected chi connectivity index (χ0v) is 12.7. The molecule has 1 rings (SSSR count). The molecule has 106 valence electrons. The Bertz CT molecular complexity index is 413. The topological polar surface area (TPSA) is 41.1 Å². The molecule has 0 atom stereocenters. The van der Waals surface area contributed by atoms with Gasteiger partial charge in [-0.3, -0.25) is 0 Å². The first-order chi connectivity index (χ1) is 8.87. The van der Waals surface area contributed by atoms with Gasteiger partial charge in [0, 0.05) is 18.1 Å². The van der Waals surface area contributed by atoms with E-state index in [1.54, 1.807) is 0 Å². The molecule has 4 heteroatoms. The van der Waals surface area contributed by atoms with Crippen LogP contribution in [-0.4, -0.2) is 12.6 Å². The van der Waals surface area contributed by atoms with Crippen molar-refractivity contribution in [2.75, 3.05) is 6.54 Å². The second-order valence-corrected chi connectivity index (χ2v) is 6.34. The van der Waals surface area contributed by atoms with E-state index in [0.717, 1.165) is 18.4 Å². The summed E-state index contributed by atoms with van der Waals surface area (Å²) in [6.07, 6.45) is 2.09. The maximum Gasteiger partial charge on any atom is 0.315 e. The highest BCUT2D eigenvalue weighted by Gasteiger charge is 2.09. The van der Waals surface area contributed by atoms with Crippen LogP contribution in [0.2, 0.25) is 5.02 Å². The van der Waals surface area contributed by atoms with Crippen molar-refractivity contribution in [3.05, 3.63) is 34.9 Å². The summed E-state index contributed by atoms with van der Waals surface area (Å²) >= 11 is 5.88.